The Hall–Kier alpha value is -3.21. The Morgan fingerprint density at radius 1 is 1.00 bits per heavy atom. The molecule has 2 aromatic heterocycles. The molecule has 3 heterocycles. The summed E-state index contributed by atoms with van der Waals surface area (Å²) in [5.41, 5.74) is 3.69. The van der Waals surface area contributed by atoms with E-state index in [0.717, 1.165) is 56.2 Å². The van der Waals surface area contributed by atoms with Crippen LogP contribution in [-0.2, 0) is 6.42 Å². The summed E-state index contributed by atoms with van der Waals surface area (Å²) in [7, 11) is 0. The molecule has 33 heavy (non-hydrogen) atoms. The van der Waals surface area contributed by atoms with E-state index in [1.54, 1.807) is 0 Å². The van der Waals surface area contributed by atoms with E-state index in [1.165, 1.54) is 21.9 Å². The maximum absolute atomic E-state index is 4.76. The van der Waals surface area contributed by atoms with Gasteiger partial charge in [0.2, 0.25) is 0 Å². The van der Waals surface area contributed by atoms with Gasteiger partial charge in [-0.1, -0.05) is 62.4 Å². The molecule has 1 atom stereocenters. The second-order valence-electron chi connectivity index (χ2n) is 9.54. The highest BCUT2D eigenvalue weighted by molar-refractivity contribution is 5.93. The smallest absolute Gasteiger partial charge is 0.159 e. The number of allylic oxidation sites excluding steroid dienone is 4. The largest absolute Gasteiger partial charge is 0.351 e. The maximum Gasteiger partial charge on any atom is 0.159 e. The number of fused-ring (bicyclic) bond motifs is 1. The highest BCUT2D eigenvalue weighted by Gasteiger charge is 2.27. The highest BCUT2D eigenvalue weighted by atomic mass is 15.3. The number of piperazine rings is 1. The van der Waals surface area contributed by atoms with Crippen LogP contribution in [0.3, 0.4) is 0 Å². The first kappa shape index (κ1) is 21.6. The molecule has 5 nitrogen and oxygen atoms in total. The van der Waals surface area contributed by atoms with Gasteiger partial charge in [0.15, 0.2) is 5.82 Å². The molecule has 1 aromatic carbocycles. The highest BCUT2D eigenvalue weighted by Crippen LogP contribution is 2.30. The van der Waals surface area contributed by atoms with Gasteiger partial charge in [-0.05, 0) is 42.9 Å². The minimum atomic E-state index is 0.342. The first-order valence-corrected chi connectivity index (χ1v) is 12.2. The molecule has 0 unspecified atom stereocenters. The molecule has 3 aromatic rings. The van der Waals surface area contributed by atoms with Crippen molar-refractivity contribution in [3.63, 3.8) is 0 Å². The van der Waals surface area contributed by atoms with E-state index in [4.69, 9.17) is 15.2 Å². The number of anilines is 2. The molecule has 0 amide bonds. The van der Waals surface area contributed by atoms with Crippen LogP contribution in [0.2, 0.25) is 0 Å². The van der Waals surface area contributed by atoms with Crippen LogP contribution in [-0.4, -0.2) is 40.9 Å². The summed E-state index contributed by atoms with van der Waals surface area (Å²) < 4.78 is 0. The van der Waals surface area contributed by atoms with Gasteiger partial charge in [-0.25, -0.2) is 4.98 Å². The number of benzene rings is 1. The third-order valence-corrected chi connectivity index (χ3v) is 6.85. The van der Waals surface area contributed by atoms with Gasteiger partial charge in [-0.15, -0.1) is 5.10 Å². The van der Waals surface area contributed by atoms with Gasteiger partial charge in [0, 0.05) is 49.1 Å². The zero-order valence-electron chi connectivity index (χ0n) is 19.9. The minimum Gasteiger partial charge on any atom is -0.351 e. The zero-order valence-corrected chi connectivity index (χ0v) is 19.9. The van der Waals surface area contributed by atoms with E-state index in [0.29, 0.717) is 12.0 Å². The second kappa shape index (κ2) is 9.34. The van der Waals surface area contributed by atoms with Crippen molar-refractivity contribution >= 4 is 22.4 Å². The molecule has 0 N–H and O–H groups in total. The predicted octanol–water partition coefficient (Wildman–Crippen LogP) is 5.68. The van der Waals surface area contributed by atoms with E-state index in [1.807, 2.05) is 6.20 Å². The lowest BCUT2D eigenvalue weighted by Gasteiger charge is -2.41. The standard InChI is InChI=1S/C28H33N5/c1-20(2)23-13-14-27(29-18-23)33-16-15-32(19-21(33)3)28-25-12-8-7-11-24(25)26(30-31-28)17-22-9-5-4-6-10-22/h5,7-14,18,20-21H,4,6,15-17,19H2,1-3H3/t21-/m1/s1. The fourth-order valence-electron chi connectivity index (χ4n) is 4.90. The normalized spacial score (nSPS) is 18.8. The van der Waals surface area contributed by atoms with Gasteiger partial charge >= 0.3 is 0 Å². The molecule has 1 saturated heterocycles. The third kappa shape index (κ3) is 4.50. The van der Waals surface area contributed by atoms with Crippen LogP contribution in [0.15, 0.2) is 66.4 Å². The molecule has 1 aliphatic carbocycles. The van der Waals surface area contributed by atoms with Gasteiger partial charge in [0.1, 0.15) is 5.82 Å². The van der Waals surface area contributed by atoms with Crippen LogP contribution in [0.25, 0.3) is 10.8 Å². The molecular formula is C28H33N5. The molecule has 5 rings (SSSR count). The SMILES string of the molecule is CC(C)c1ccc(N2CCN(c3nnc(CC4=CCCC=C4)c4ccccc34)C[C@H]2C)nc1. The number of pyridine rings is 1. The quantitative estimate of drug-likeness (QED) is 0.512. The summed E-state index contributed by atoms with van der Waals surface area (Å²) >= 11 is 0. The summed E-state index contributed by atoms with van der Waals surface area (Å²) in [4.78, 5) is 9.56. The van der Waals surface area contributed by atoms with Gasteiger partial charge < -0.3 is 9.80 Å². The van der Waals surface area contributed by atoms with Gasteiger partial charge in [-0.2, -0.15) is 5.10 Å². The average Bonchev–Trinajstić information content (AvgIpc) is 2.85. The number of hydrogen-bond donors (Lipinski definition) is 0. The van der Waals surface area contributed by atoms with Crippen LogP contribution in [0.1, 0.15) is 50.8 Å². The number of hydrogen-bond acceptors (Lipinski definition) is 5. The maximum atomic E-state index is 4.76. The molecule has 170 valence electrons. The molecular weight excluding hydrogens is 406 g/mol. The van der Waals surface area contributed by atoms with E-state index in [2.05, 4.69) is 85.2 Å². The molecule has 5 heteroatoms. The zero-order chi connectivity index (χ0) is 22.8. The van der Waals surface area contributed by atoms with Crippen molar-refractivity contribution in [2.24, 2.45) is 0 Å². The van der Waals surface area contributed by atoms with Crippen LogP contribution in [0.4, 0.5) is 11.6 Å². The van der Waals surface area contributed by atoms with Crippen LogP contribution in [0.5, 0.6) is 0 Å². The summed E-state index contributed by atoms with van der Waals surface area (Å²) in [6.45, 7) is 9.42. The topological polar surface area (TPSA) is 45.2 Å². The van der Waals surface area contributed by atoms with Crippen LogP contribution >= 0.6 is 0 Å². The monoisotopic (exact) mass is 439 g/mol. The minimum absolute atomic E-state index is 0.342. The molecule has 0 radical (unpaired) electrons. The summed E-state index contributed by atoms with van der Waals surface area (Å²) in [6.07, 6.45) is 11.9. The summed E-state index contributed by atoms with van der Waals surface area (Å²) in [5.74, 6) is 2.56. The lowest BCUT2D eigenvalue weighted by Crippen LogP contribution is -2.52. The summed E-state index contributed by atoms with van der Waals surface area (Å²) in [6, 6.07) is 13.3. The van der Waals surface area contributed by atoms with Crippen LogP contribution < -0.4 is 9.80 Å². The fraction of sp³-hybridized carbons (Fsp3) is 0.393. The van der Waals surface area contributed by atoms with Crippen molar-refractivity contribution < 1.29 is 0 Å². The van der Waals surface area contributed by atoms with E-state index >= 15 is 0 Å². The van der Waals surface area contributed by atoms with Crippen molar-refractivity contribution in [2.75, 3.05) is 29.4 Å². The van der Waals surface area contributed by atoms with E-state index in [9.17, 15) is 0 Å². The predicted molar refractivity (Wildman–Crippen MR) is 137 cm³/mol. The molecule has 0 spiro atoms. The third-order valence-electron chi connectivity index (χ3n) is 6.85. The number of aromatic nitrogens is 3. The Labute approximate surface area is 196 Å². The molecule has 1 aliphatic heterocycles. The first-order valence-electron chi connectivity index (χ1n) is 12.2. The number of nitrogens with zero attached hydrogens (tertiary/aromatic N) is 5. The summed E-state index contributed by atoms with van der Waals surface area (Å²) in [5, 5.41) is 11.9. The van der Waals surface area contributed by atoms with E-state index in [-0.39, 0.29) is 0 Å². The van der Waals surface area contributed by atoms with Crippen molar-refractivity contribution in [3.05, 3.63) is 77.7 Å². The Morgan fingerprint density at radius 3 is 2.55 bits per heavy atom. The Morgan fingerprint density at radius 2 is 1.85 bits per heavy atom. The average molecular weight is 440 g/mol. The van der Waals surface area contributed by atoms with Crippen molar-refractivity contribution in [3.8, 4) is 0 Å². The van der Waals surface area contributed by atoms with E-state index < -0.39 is 0 Å². The number of rotatable bonds is 5. The van der Waals surface area contributed by atoms with Crippen molar-refractivity contribution in [2.45, 2.75) is 52.0 Å². The Kier molecular flexibility index (Phi) is 6.12. The lowest BCUT2D eigenvalue weighted by atomic mass is 9.99. The van der Waals surface area contributed by atoms with Gasteiger partial charge in [-0.3, -0.25) is 0 Å². The Balaban J connectivity index is 1.37. The molecule has 2 aliphatic rings. The molecule has 0 bridgehead atoms. The Bertz CT molecular complexity index is 1180. The second-order valence-corrected chi connectivity index (χ2v) is 9.54. The van der Waals surface area contributed by atoms with Gasteiger partial charge in [0.25, 0.3) is 0 Å². The fourth-order valence-corrected chi connectivity index (χ4v) is 4.90. The first-order chi connectivity index (χ1) is 16.1. The van der Waals surface area contributed by atoms with Crippen molar-refractivity contribution in [1.82, 2.24) is 15.2 Å². The molecule has 1 fully saturated rings. The lowest BCUT2D eigenvalue weighted by molar-refractivity contribution is 0.542. The molecule has 0 saturated carbocycles. The van der Waals surface area contributed by atoms with Gasteiger partial charge in [0.05, 0.1) is 5.69 Å². The van der Waals surface area contributed by atoms with Crippen LogP contribution in [0, 0.1) is 0 Å². The van der Waals surface area contributed by atoms with Crippen molar-refractivity contribution in [1.29, 1.82) is 0 Å².